The lowest BCUT2D eigenvalue weighted by molar-refractivity contribution is 0.184. The number of anilines is 1. The first kappa shape index (κ1) is 25.8. The largest absolute Gasteiger partial charge is 0.328 e. The fourth-order valence-corrected chi connectivity index (χ4v) is 5.98. The zero-order valence-corrected chi connectivity index (χ0v) is 22.4. The Morgan fingerprint density at radius 2 is 1.77 bits per heavy atom. The van der Waals surface area contributed by atoms with E-state index in [1.54, 1.807) is 11.0 Å². The number of amidine groups is 1. The predicted octanol–water partition coefficient (Wildman–Crippen LogP) is 6.91. The summed E-state index contributed by atoms with van der Waals surface area (Å²) in [5.41, 5.74) is 1.32. The number of rotatable bonds is 4. The van der Waals surface area contributed by atoms with Gasteiger partial charge in [0.1, 0.15) is 17.2 Å². The fourth-order valence-electron chi connectivity index (χ4n) is 5.53. The van der Waals surface area contributed by atoms with Crippen molar-refractivity contribution in [1.29, 1.82) is 0 Å². The number of urea groups is 1. The van der Waals surface area contributed by atoms with Crippen LogP contribution in [0.5, 0.6) is 0 Å². The minimum absolute atomic E-state index is 0.199. The normalized spacial score (nSPS) is 21.7. The van der Waals surface area contributed by atoms with E-state index in [-0.39, 0.29) is 17.9 Å². The van der Waals surface area contributed by atoms with Gasteiger partial charge in [-0.25, -0.2) is 9.18 Å². The van der Waals surface area contributed by atoms with E-state index in [9.17, 15) is 9.18 Å². The number of aliphatic imine (C=N–C) groups is 1. The van der Waals surface area contributed by atoms with Gasteiger partial charge < -0.3 is 0 Å². The average Bonchev–Trinajstić information content (AvgIpc) is 3.12. The van der Waals surface area contributed by atoms with Gasteiger partial charge in [-0.15, -0.1) is 0 Å². The van der Waals surface area contributed by atoms with Crippen molar-refractivity contribution in [2.75, 3.05) is 18.0 Å². The van der Waals surface area contributed by atoms with Crippen LogP contribution in [0.3, 0.4) is 0 Å². The molecule has 2 amide bonds. The molecule has 1 spiro atoms. The molecule has 3 aliphatic rings. The standard InChI is InChI=1S/C26H30BrFN4O.C2H6/c27-20-7-4-6-19(16-20)18-31-14-12-26(13-15-31)24(29-22-9-2-1-3-10-22)30-25(33)32(26)23-11-5-8-21(28)17-23;1-2/h4-8,11,16-17,22H,1-3,9-10,12-15,18H2,(H,29,30,33);1-2H3. The number of halogens is 2. The first-order chi connectivity index (χ1) is 17.0. The van der Waals surface area contributed by atoms with E-state index in [1.807, 2.05) is 26.0 Å². The maximum Gasteiger partial charge on any atom is 0.328 e. The van der Waals surface area contributed by atoms with Crippen LogP contribution in [0, 0.1) is 5.82 Å². The molecule has 1 aliphatic carbocycles. The molecule has 2 saturated heterocycles. The lowest BCUT2D eigenvalue weighted by atomic mass is 9.84. The van der Waals surface area contributed by atoms with Crippen molar-refractivity contribution in [2.45, 2.75) is 76.9 Å². The highest BCUT2D eigenvalue weighted by atomic mass is 79.9. The summed E-state index contributed by atoms with van der Waals surface area (Å²) in [5.74, 6) is 0.450. The van der Waals surface area contributed by atoms with Gasteiger partial charge in [-0.1, -0.05) is 67.2 Å². The smallest absolute Gasteiger partial charge is 0.299 e. The number of hydrogen-bond donors (Lipinski definition) is 1. The van der Waals surface area contributed by atoms with Gasteiger partial charge in [-0.2, -0.15) is 0 Å². The molecular weight excluding hydrogens is 507 g/mol. The molecule has 0 radical (unpaired) electrons. The minimum Gasteiger partial charge on any atom is -0.299 e. The van der Waals surface area contributed by atoms with Crippen LogP contribution < -0.4 is 10.2 Å². The number of nitrogens with zero attached hydrogens (tertiary/aromatic N) is 3. The van der Waals surface area contributed by atoms with Crippen LogP contribution in [0.1, 0.15) is 64.4 Å². The number of piperidine rings is 1. The highest BCUT2D eigenvalue weighted by Crippen LogP contribution is 2.39. The number of nitrogens with one attached hydrogen (secondary N) is 1. The molecule has 0 unspecified atom stereocenters. The van der Waals surface area contributed by atoms with Crippen LogP contribution in [0.15, 0.2) is 58.0 Å². The highest BCUT2D eigenvalue weighted by molar-refractivity contribution is 9.10. The summed E-state index contributed by atoms with van der Waals surface area (Å²) < 4.78 is 15.2. The second-order valence-corrected chi connectivity index (χ2v) is 10.4. The van der Waals surface area contributed by atoms with Crippen LogP contribution in [0.2, 0.25) is 0 Å². The zero-order chi connectivity index (χ0) is 24.8. The lowest BCUT2D eigenvalue weighted by Gasteiger charge is -2.44. The lowest BCUT2D eigenvalue weighted by Crippen LogP contribution is -2.57. The van der Waals surface area contributed by atoms with Crippen molar-refractivity contribution < 1.29 is 9.18 Å². The summed E-state index contributed by atoms with van der Waals surface area (Å²) >= 11 is 3.56. The van der Waals surface area contributed by atoms with E-state index < -0.39 is 5.54 Å². The Kier molecular flexibility index (Phi) is 8.60. The number of benzene rings is 2. The summed E-state index contributed by atoms with van der Waals surface area (Å²) in [6.45, 7) is 6.56. The van der Waals surface area contributed by atoms with Crippen molar-refractivity contribution in [3.63, 3.8) is 0 Å². The Hall–Kier alpha value is -2.25. The first-order valence-electron chi connectivity index (χ1n) is 13.0. The van der Waals surface area contributed by atoms with Crippen LogP contribution in [0.25, 0.3) is 0 Å². The molecule has 2 aliphatic heterocycles. The molecule has 7 heteroatoms. The Labute approximate surface area is 216 Å². The molecule has 1 N–H and O–H groups in total. The molecule has 2 aromatic carbocycles. The molecule has 5 rings (SSSR count). The molecule has 35 heavy (non-hydrogen) atoms. The third-order valence-electron chi connectivity index (χ3n) is 7.23. The van der Waals surface area contributed by atoms with Crippen molar-refractivity contribution in [3.05, 3.63) is 64.4 Å². The van der Waals surface area contributed by atoms with Crippen molar-refractivity contribution in [1.82, 2.24) is 10.2 Å². The predicted molar refractivity (Wildman–Crippen MR) is 144 cm³/mol. The van der Waals surface area contributed by atoms with Gasteiger partial charge in [0.25, 0.3) is 0 Å². The molecule has 0 atom stereocenters. The Balaban J connectivity index is 0.00000141. The Morgan fingerprint density at radius 1 is 1.06 bits per heavy atom. The van der Waals surface area contributed by atoms with Crippen molar-refractivity contribution >= 4 is 33.5 Å². The van der Waals surface area contributed by atoms with Crippen molar-refractivity contribution in [2.24, 2.45) is 4.99 Å². The van der Waals surface area contributed by atoms with Gasteiger partial charge in [0.05, 0.1) is 6.04 Å². The molecule has 188 valence electrons. The van der Waals surface area contributed by atoms with E-state index in [0.717, 1.165) is 55.6 Å². The summed E-state index contributed by atoms with van der Waals surface area (Å²) in [7, 11) is 0. The monoisotopic (exact) mass is 542 g/mol. The number of amides is 2. The third-order valence-corrected chi connectivity index (χ3v) is 7.72. The maximum atomic E-state index is 14.1. The second kappa shape index (κ2) is 11.7. The third kappa shape index (κ3) is 5.78. The van der Waals surface area contributed by atoms with Crippen LogP contribution in [-0.4, -0.2) is 41.4 Å². The maximum absolute atomic E-state index is 14.1. The molecule has 5 nitrogen and oxygen atoms in total. The van der Waals surface area contributed by atoms with Crippen LogP contribution in [-0.2, 0) is 6.54 Å². The van der Waals surface area contributed by atoms with E-state index in [2.05, 4.69) is 44.3 Å². The van der Waals surface area contributed by atoms with Gasteiger partial charge in [-0.3, -0.25) is 20.1 Å². The summed E-state index contributed by atoms with van der Waals surface area (Å²) in [6.07, 6.45) is 7.32. The number of likely N-dealkylation sites (tertiary alicyclic amines) is 1. The Morgan fingerprint density at radius 3 is 2.46 bits per heavy atom. The van der Waals surface area contributed by atoms with Crippen LogP contribution >= 0.6 is 15.9 Å². The average molecular weight is 544 g/mol. The van der Waals surface area contributed by atoms with E-state index in [0.29, 0.717) is 5.69 Å². The number of carbonyl (C=O) groups excluding carboxylic acids is 1. The van der Waals surface area contributed by atoms with Gasteiger partial charge in [-0.05, 0) is 61.6 Å². The molecule has 0 bridgehead atoms. The van der Waals surface area contributed by atoms with Gasteiger partial charge in [0.2, 0.25) is 0 Å². The fraction of sp³-hybridized carbons (Fsp3) is 0.500. The van der Waals surface area contributed by atoms with E-state index in [4.69, 9.17) is 4.99 Å². The van der Waals surface area contributed by atoms with E-state index >= 15 is 0 Å². The molecule has 2 heterocycles. The van der Waals surface area contributed by atoms with Gasteiger partial charge >= 0.3 is 6.03 Å². The number of hydrogen-bond acceptors (Lipinski definition) is 3. The van der Waals surface area contributed by atoms with Gasteiger partial charge in [0, 0.05) is 29.8 Å². The highest BCUT2D eigenvalue weighted by Gasteiger charge is 2.53. The van der Waals surface area contributed by atoms with Gasteiger partial charge in [0.15, 0.2) is 0 Å². The molecule has 2 aromatic rings. The minimum atomic E-state index is -0.546. The first-order valence-corrected chi connectivity index (χ1v) is 13.7. The quantitative estimate of drug-likeness (QED) is 0.456. The van der Waals surface area contributed by atoms with Crippen molar-refractivity contribution in [3.8, 4) is 0 Å². The Bertz CT molecular complexity index is 1040. The van der Waals surface area contributed by atoms with E-state index in [1.165, 1.54) is 37.0 Å². The summed E-state index contributed by atoms with van der Waals surface area (Å²) in [4.78, 5) is 22.5. The zero-order valence-electron chi connectivity index (χ0n) is 20.8. The summed E-state index contributed by atoms with van der Waals surface area (Å²) in [6, 6.07) is 14.8. The second-order valence-electron chi connectivity index (χ2n) is 9.45. The molecule has 0 aromatic heterocycles. The molecular formula is C28H36BrFN4O. The molecule has 1 saturated carbocycles. The number of carbonyl (C=O) groups is 1. The topological polar surface area (TPSA) is 47.9 Å². The summed E-state index contributed by atoms with van der Waals surface area (Å²) in [5, 5.41) is 3.09. The SMILES string of the molecule is CC.O=C1NC(=NC2CCCCC2)C2(CCN(Cc3cccc(Br)c3)CC2)N1c1cccc(F)c1. The van der Waals surface area contributed by atoms with Crippen LogP contribution in [0.4, 0.5) is 14.9 Å². The molecule has 3 fully saturated rings.